The van der Waals surface area contributed by atoms with Crippen LogP contribution in [0, 0.1) is 5.82 Å². The Balaban J connectivity index is 1.73. The highest BCUT2D eigenvalue weighted by Gasteiger charge is 2.14. The van der Waals surface area contributed by atoms with Crippen molar-refractivity contribution in [2.45, 2.75) is 6.61 Å². The molecule has 21 heavy (non-hydrogen) atoms. The van der Waals surface area contributed by atoms with E-state index in [2.05, 4.69) is 4.98 Å². The molecule has 0 aliphatic rings. The van der Waals surface area contributed by atoms with Gasteiger partial charge in [-0.05, 0) is 30.3 Å². The SMILES string of the molecule is Nc1cc(F)ccc1C(=O)OCc1nc2ccccc2o1. The molecule has 6 heteroatoms. The second-order valence-electron chi connectivity index (χ2n) is 4.38. The van der Waals surface area contributed by atoms with Gasteiger partial charge in [0.1, 0.15) is 11.3 Å². The lowest BCUT2D eigenvalue weighted by atomic mass is 10.2. The first-order chi connectivity index (χ1) is 10.1. The number of benzene rings is 2. The van der Waals surface area contributed by atoms with E-state index < -0.39 is 11.8 Å². The van der Waals surface area contributed by atoms with Crippen molar-refractivity contribution in [2.24, 2.45) is 0 Å². The maximum Gasteiger partial charge on any atom is 0.340 e. The van der Waals surface area contributed by atoms with E-state index in [9.17, 15) is 9.18 Å². The summed E-state index contributed by atoms with van der Waals surface area (Å²) in [6.45, 7) is -0.121. The molecule has 106 valence electrons. The first kappa shape index (κ1) is 13.1. The Morgan fingerprint density at radius 1 is 1.29 bits per heavy atom. The van der Waals surface area contributed by atoms with Gasteiger partial charge in [0.2, 0.25) is 5.89 Å². The fraction of sp³-hybridized carbons (Fsp3) is 0.0667. The largest absolute Gasteiger partial charge is 0.452 e. The Bertz CT molecular complexity index is 781. The van der Waals surface area contributed by atoms with E-state index in [0.29, 0.717) is 11.1 Å². The van der Waals surface area contributed by atoms with Gasteiger partial charge in [0, 0.05) is 5.69 Å². The van der Waals surface area contributed by atoms with Crippen molar-refractivity contribution in [3.8, 4) is 0 Å². The molecule has 0 aliphatic carbocycles. The number of nitrogen functional groups attached to an aromatic ring is 1. The Hall–Kier alpha value is -2.89. The van der Waals surface area contributed by atoms with Crippen LogP contribution in [-0.2, 0) is 11.3 Å². The van der Waals surface area contributed by atoms with Gasteiger partial charge in [-0.1, -0.05) is 12.1 Å². The number of nitrogens with two attached hydrogens (primary N) is 1. The van der Waals surface area contributed by atoms with Gasteiger partial charge in [-0.15, -0.1) is 0 Å². The van der Waals surface area contributed by atoms with Gasteiger partial charge in [0.15, 0.2) is 12.2 Å². The summed E-state index contributed by atoms with van der Waals surface area (Å²) in [5.41, 5.74) is 7.00. The fourth-order valence-electron chi connectivity index (χ4n) is 1.91. The minimum absolute atomic E-state index is 0.0255. The summed E-state index contributed by atoms with van der Waals surface area (Å²) >= 11 is 0. The quantitative estimate of drug-likeness (QED) is 0.591. The number of esters is 1. The lowest BCUT2D eigenvalue weighted by Crippen LogP contribution is -2.08. The molecule has 0 fully saturated rings. The number of carbonyl (C=O) groups excluding carboxylic acids is 1. The average molecular weight is 286 g/mol. The second kappa shape index (κ2) is 5.24. The molecule has 2 aromatic carbocycles. The summed E-state index contributed by atoms with van der Waals surface area (Å²) in [4.78, 5) is 16.1. The van der Waals surface area contributed by atoms with Crippen LogP contribution in [0.1, 0.15) is 16.2 Å². The highest BCUT2D eigenvalue weighted by molar-refractivity contribution is 5.94. The minimum Gasteiger partial charge on any atom is -0.452 e. The summed E-state index contributed by atoms with van der Waals surface area (Å²) in [6, 6.07) is 10.7. The van der Waals surface area contributed by atoms with Gasteiger partial charge in [0.05, 0.1) is 5.56 Å². The van der Waals surface area contributed by atoms with Crippen LogP contribution in [0.4, 0.5) is 10.1 Å². The monoisotopic (exact) mass is 286 g/mol. The number of nitrogens with zero attached hydrogens (tertiary/aromatic N) is 1. The van der Waals surface area contributed by atoms with Crippen LogP contribution < -0.4 is 5.73 Å². The average Bonchev–Trinajstić information content (AvgIpc) is 2.87. The van der Waals surface area contributed by atoms with Crippen LogP contribution in [0.15, 0.2) is 46.9 Å². The number of aromatic nitrogens is 1. The van der Waals surface area contributed by atoms with Gasteiger partial charge in [-0.3, -0.25) is 0 Å². The first-order valence-electron chi connectivity index (χ1n) is 6.20. The number of hydrogen-bond acceptors (Lipinski definition) is 5. The molecule has 2 N–H and O–H groups in total. The number of oxazole rings is 1. The third-order valence-electron chi connectivity index (χ3n) is 2.90. The van der Waals surface area contributed by atoms with Crippen molar-refractivity contribution in [2.75, 3.05) is 5.73 Å². The summed E-state index contributed by atoms with van der Waals surface area (Å²) in [6.07, 6.45) is 0. The molecule has 1 aromatic heterocycles. The molecule has 3 aromatic rings. The molecule has 5 nitrogen and oxygen atoms in total. The van der Waals surface area contributed by atoms with Gasteiger partial charge < -0.3 is 14.9 Å². The zero-order chi connectivity index (χ0) is 14.8. The molecule has 0 bridgehead atoms. The zero-order valence-electron chi connectivity index (χ0n) is 10.9. The van der Waals surface area contributed by atoms with E-state index in [1.165, 1.54) is 6.07 Å². The third kappa shape index (κ3) is 2.69. The number of hydrogen-bond donors (Lipinski definition) is 1. The molecule has 0 aliphatic heterocycles. The van der Waals surface area contributed by atoms with E-state index in [-0.39, 0.29) is 23.7 Å². The number of halogens is 1. The Morgan fingerprint density at radius 2 is 2.10 bits per heavy atom. The minimum atomic E-state index is -0.658. The molecule has 1 heterocycles. The maximum atomic E-state index is 12.9. The predicted molar refractivity (Wildman–Crippen MR) is 73.9 cm³/mol. The lowest BCUT2D eigenvalue weighted by Gasteiger charge is -2.05. The number of anilines is 1. The van der Waals surface area contributed by atoms with Crippen LogP contribution >= 0.6 is 0 Å². The molecular weight excluding hydrogens is 275 g/mol. The molecule has 3 rings (SSSR count). The van der Waals surface area contributed by atoms with E-state index in [4.69, 9.17) is 14.9 Å². The number of para-hydroxylation sites is 2. The van der Waals surface area contributed by atoms with Crippen LogP contribution in [0.3, 0.4) is 0 Å². The van der Waals surface area contributed by atoms with Crippen molar-refractivity contribution in [1.29, 1.82) is 0 Å². The van der Waals surface area contributed by atoms with Crippen molar-refractivity contribution in [3.05, 3.63) is 59.7 Å². The molecule has 0 saturated carbocycles. The smallest absolute Gasteiger partial charge is 0.340 e. The maximum absolute atomic E-state index is 12.9. The van der Waals surface area contributed by atoms with E-state index in [0.717, 1.165) is 12.1 Å². The Labute approximate surface area is 119 Å². The third-order valence-corrected chi connectivity index (χ3v) is 2.90. The molecule has 0 atom stereocenters. The predicted octanol–water partition coefficient (Wildman–Crippen LogP) is 2.91. The van der Waals surface area contributed by atoms with E-state index in [1.807, 2.05) is 12.1 Å². The van der Waals surface area contributed by atoms with E-state index >= 15 is 0 Å². The van der Waals surface area contributed by atoms with Crippen molar-refractivity contribution in [1.82, 2.24) is 4.98 Å². The Morgan fingerprint density at radius 3 is 2.86 bits per heavy atom. The topological polar surface area (TPSA) is 78.4 Å². The van der Waals surface area contributed by atoms with Crippen LogP contribution in [0.2, 0.25) is 0 Å². The van der Waals surface area contributed by atoms with Crippen LogP contribution in [0.25, 0.3) is 11.1 Å². The molecule has 0 radical (unpaired) electrons. The summed E-state index contributed by atoms with van der Waals surface area (Å²) in [5.74, 6) is -0.886. The number of ether oxygens (including phenoxy) is 1. The lowest BCUT2D eigenvalue weighted by molar-refractivity contribution is 0.0441. The van der Waals surface area contributed by atoms with Crippen molar-refractivity contribution < 1.29 is 18.3 Å². The fourth-order valence-corrected chi connectivity index (χ4v) is 1.91. The normalized spacial score (nSPS) is 10.7. The van der Waals surface area contributed by atoms with Crippen molar-refractivity contribution in [3.63, 3.8) is 0 Å². The molecular formula is C15H11FN2O3. The Kier molecular flexibility index (Phi) is 3.27. The molecule has 0 amide bonds. The summed E-state index contributed by atoms with van der Waals surface area (Å²) < 4.78 is 23.4. The molecule has 0 saturated heterocycles. The van der Waals surface area contributed by atoms with Crippen molar-refractivity contribution >= 4 is 22.8 Å². The standard InChI is InChI=1S/C15H11FN2O3/c16-9-5-6-10(11(17)7-9)15(19)20-8-14-18-12-3-1-2-4-13(12)21-14/h1-7H,8,17H2. The highest BCUT2D eigenvalue weighted by atomic mass is 19.1. The van der Waals surface area contributed by atoms with Gasteiger partial charge in [-0.25, -0.2) is 14.2 Å². The summed E-state index contributed by atoms with van der Waals surface area (Å²) in [5, 5.41) is 0. The molecule has 0 unspecified atom stereocenters. The first-order valence-corrected chi connectivity index (χ1v) is 6.20. The molecule has 0 spiro atoms. The van der Waals surface area contributed by atoms with Gasteiger partial charge in [0.25, 0.3) is 0 Å². The zero-order valence-corrected chi connectivity index (χ0v) is 10.9. The van der Waals surface area contributed by atoms with E-state index in [1.54, 1.807) is 12.1 Å². The van der Waals surface area contributed by atoms with Crippen LogP contribution in [-0.4, -0.2) is 11.0 Å². The second-order valence-corrected chi connectivity index (χ2v) is 4.38. The number of fused-ring (bicyclic) bond motifs is 1. The number of rotatable bonds is 3. The summed E-state index contributed by atoms with van der Waals surface area (Å²) in [7, 11) is 0. The number of carbonyl (C=O) groups is 1. The highest BCUT2D eigenvalue weighted by Crippen LogP contribution is 2.18. The van der Waals surface area contributed by atoms with Crippen LogP contribution in [0.5, 0.6) is 0 Å². The van der Waals surface area contributed by atoms with Gasteiger partial charge >= 0.3 is 5.97 Å². The van der Waals surface area contributed by atoms with Gasteiger partial charge in [-0.2, -0.15) is 0 Å².